The number of hydrogen-bond donors (Lipinski definition) is 0. The van der Waals surface area contributed by atoms with Crippen molar-refractivity contribution < 1.29 is 19.1 Å². The number of hydrogen-bond acceptors (Lipinski definition) is 4. The Balaban J connectivity index is 3.83. The van der Waals surface area contributed by atoms with Crippen molar-refractivity contribution >= 4 is 5.91 Å². The van der Waals surface area contributed by atoms with Gasteiger partial charge in [-0.1, -0.05) is 71.6 Å². The summed E-state index contributed by atoms with van der Waals surface area (Å²) in [5.41, 5.74) is 0. The third-order valence-electron chi connectivity index (χ3n) is 5.06. The molecule has 168 valence electrons. The van der Waals surface area contributed by atoms with Gasteiger partial charge in [0.15, 0.2) is 6.29 Å². The average molecular weight is 402 g/mol. The number of carbonyl (C=O) groups is 1. The number of unbranched alkanes of at least 4 members (excludes halogenated alkanes) is 10. The molecule has 5 heteroatoms. The Labute approximate surface area is 174 Å². The third kappa shape index (κ3) is 17.4. The first kappa shape index (κ1) is 27.4. The molecule has 0 heterocycles. The van der Waals surface area contributed by atoms with Gasteiger partial charge in [0.2, 0.25) is 5.91 Å². The Kier molecular flexibility index (Phi) is 20.6. The first-order valence-electron chi connectivity index (χ1n) is 11.7. The SMILES string of the molecule is CCCCCCOC(CCCCCCCC(=O)N(C)OC)OCCCCCC. The highest BCUT2D eigenvalue weighted by Gasteiger charge is 2.10. The maximum absolute atomic E-state index is 11.7. The fourth-order valence-corrected chi connectivity index (χ4v) is 3.08. The lowest BCUT2D eigenvalue weighted by Gasteiger charge is -2.19. The van der Waals surface area contributed by atoms with Crippen LogP contribution in [0.2, 0.25) is 0 Å². The Morgan fingerprint density at radius 3 is 1.79 bits per heavy atom. The highest BCUT2D eigenvalue weighted by molar-refractivity contribution is 5.74. The van der Waals surface area contributed by atoms with Crippen LogP contribution in [-0.2, 0) is 19.1 Å². The summed E-state index contributed by atoms with van der Waals surface area (Å²) in [5.74, 6) is 0.0514. The number of nitrogens with zero attached hydrogens (tertiary/aromatic N) is 1. The fourth-order valence-electron chi connectivity index (χ4n) is 3.08. The molecule has 1 amide bonds. The molecule has 0 rings (SSSR count). The molecular formula is C23H47NO4. The molecule has 0 N–H and O–H groups in total. The summed E-state index contributed by atoms with van der Waals surface area (Å²) in [5, 5.41) is 1.31. The molecule has 0 unspecified atom stereocenters. The zero-order valence-corrected chi connectivity index (χ0v) is 19.2. The average Bonchev–Trinajstić information content (AvgIpc) is 2.71. The molecule has 0 spiro atoms. The minimum absolute atomic E-state index is 0.0415. The van der Waals surface area contributed by atoms with Gasteiger partial charge >= 0.3 is 0 Å². The van der Waals surface area contributed by atoms with Crippen LogP contribution in [0.4, 0.5) is 0 Å². The summed E-state index contributed by atoms with van der Waals surface area (Å²) < 4.78 is 12.0. The van der Waals surface area contributed by atoms with Crippen molar-refractivity contribution in [2.45, 2.75) is 116 Å². The van der Waals surface area contributed by atoms with Gasteiger partial charge in [0, 0.05) is 26.7 Å². The largest absolute Gasteiger partial charge is 0.353 e. The molecule has 0 aromatic carbocycles. The molecule has 5 nitrogen and oxygen atoms in total. The molecule has 0 saturated heterocycles. The Morgan fingerprint density at radius 1 is 0.750 bits per heavy atom. The van der Waals surface area contributed by atoms with Gasteiger partial charge in [-0.25, -0.2) is 5.06 Å². The van der Waals surface area contributed by atoms with Crippen LogP contribution < -0.4 is 0 Å². The summed E-state index contributed by atoms with van der Waals surface area (Å²) in [6.45, 7) is 6.09. The van der Waals surface area contributed by atoms with E-state index in [1.165, 1.54) is 57.1 Å². The maximum atomic E-state index is 11.7. The van der Waals surface area contributed by atoms with E-state index in [9.17, 15) is 4.79 Å². The lowest BCUT2D eigenvalue weighted by Crippen LogP contribution is -2.24. The van der Waals surface area contributed by atoms with Crippen LogP contribution in [0.25, 0.3) is 0 Å². The molecule has 0 bridgehead atoms. The smallest absolute Gasteiger partial charge is 0.245 e. The van der Waals surface area contributed by atoms with E-state index in [4.69, 9.17) is 14.3 Å². The number of ether oxygens (including phenoxy) is 2. The summed E-state index contributed by atoms with van der Waals surface area (Å²) >= 11 is 0. The fraction of sp³-hybridized carbons (Fsp3) is 0.957. The predicted molar refractivity (Wildman–Crippen MR) is 116 cm³/mol. The molecule has 0 radical (unpaired) electrons. The molecule has 0 atom stereocenters. The molecule has 28 heavy (non-hydrogen) atoms. The summed E-state index contributed by atoms with van der Waals surface area (Å²) in [6.07, 6.45) is 16.8. The second-order valence-corrected chi connectivity index (χ2v) is 7.67. The Hall–Kier alpha value is -0.650. The molecule has 0 aromatic rings. The van der Waals surface area contributed by atoms with Crippen LogP contribution in [0, 0.1) is 0 Å². The van der Waals surface area contributed by atoms with Crippen LogP contribution in [0.3, 0.4) is 0 Å². The molecule has 0 aliphatic carbocycles. The summed E-state index contributed by atoms with van der Waals surface area (Å²) in [7, 11) is 3.18. The zero-order chi connectivity index (χ0) is 20.9. The first-order valence-corrected chi connectivity index (χ1v) is 11.7. The van der Waals surface area contributed by atoms with E-state index >= 15 is 0 Å². The number of rotatable bonds is 21. The Morgan fingerprint density at radius 2 is 1.25 bits per heavy atom. The minimum atomic E-state index is -0.0415. The third-order valence-corrected chi connectivity index (χ3v) is 5.06. The van der Waals surface area contributed by atoms with Crippen LogP contribution in [-0.4, -0.2) is 44.6 Å². The van der Waals surface area contributed by atoms with E-state index in [1.54, 1.807) is 7.05 Å². The van der Waals surface area contributed by atoms with Gasteiger partial charge in [-0.05, 0) is 32.1 Å². The Bertz CT molecular complexity index is 325. The summed E-state index contributed by atoms with van der Waals surface area (Å²) in [4.78, 5) is 16.5. The highest BCUT2D eigenvalue weighted by atomic mass is 16.7. The van der Waals surface area contributed by atoms with E-state index in [2.05, 4.69) is 13.8 Å². The van der Waals surface area contributed by atoms with Crippen LogP contribution >= 0.6 is 0 Å². The highest BCUT2D eigenvalue weighted by Crippen LogP contribution is 2.14. The van der Waals surface area contributed by atoms with Crippen molar-refractivity contribution in [2.24, 2.45) is 0 Å². The van der Waals surface area contributed by atoms with E-state index in [0.717, 1.165) is 58.2 Å². The van der Waals surface area contributed by atoms with Gasteiger partial charge < -0.3 is 9.47 Å². The maximum Gasteiger partial charge on any atom is 0.245 e. The molecule has 0 aliphatic rings. The van der Waals surface area contributed by atoms with Crippen LogP contribution in [0.5, 0.6) is 0 Å². The topological polar surface area (TPSA) is 48.0 Å². The van der Waals surface area contributed by atoms with Gasteiger partial charge in [0.25, 0.3) is 0 Å². The number of hydroxylamine groups is 2. The second kappa shape index (κ2) is 21.1. The normalized spacial score (nSPS) is 11.3. The van der Waals surface area contributed by atoms with Crippen molar-refractivity contribution in [1.82, 2.24) is 5.06 Å². The van der Waals surface area contributed by atoms with Crippen molar-refractivity contribution in [2.75, 3.05) is 27.4 Å². The lowest BCUT2D eigenvalue weighted by atomic mass is 10.1. The zero-order valence-electron chi connectivity index (χ0n) is 19.2. The first-order chi connectivity index (χ1) is 13.7. The van der Waals surface area contributed by atoms with Crippen LogP contribution in [0.15, 0.2) is 0 Å². The molecule has 0 fully saturated rings. The van der Waals surface area contributed by atoms with Crippen molar-refractivity contribution in [3.05, 3.63) is 0 Å². The van der Waals surface area contributed by atoms with Crippen LogP contribution in [0.1, 0.15) is 110 Å². The molecule has 0 aromatic heterocycles. The quantitative estimate of drug-likeness (QED) is 0.129. The van der Waals surface area contributed by atoms with E-state index in [0.29, 0.717) is 6.42 Å². The van der Waals surface area contributed by atoms with Gasteiger partial charge in [0.05, 0.1) is 7.11 Å². The van der Waals surface area contributed by atoms with Crippen molar-refractivity contribution in [1.29, 1.82) is 0 Å². The lowest BCUT2D eigenvalue weighted by molar-refractivity contribution is -0.168. The van der Waals surface area contributed by atoms with Gasteiger partial charge in [-0.3, -0.25) is 9.63 Å². The van der Waals surface area contributed by atoms with Gasteiger partial charge in [0.1, 0.15) is 0 Å². The van der Waals surface area contributed by atoms with E-state index in [1.807, 2.05) is 0 Å². The van der Waals surface area contributed by atoms with Crippen molar-refractivity contribution in [3.63, 3.8) is 0 Å². The molecule has 0 saturated carbocycles. The van der Waals surface area contributed by atoms with Crippen molar-refractivity contribution in [3.8, 4) is 0 Å². The van der Waals surface area contributed by atoms with E-state index < -0.39 is 0 Å². The molecule has 0 aliphatic heterocycles. The summed E-state index contributed by atoms with van der Waals surface area (Å²) in [6, 6.07) is 0. The van der Waals surface area contributed by atoms with Gasteiger partial charge in [-0.2, -0.15) is 0 Å². The molecular weight excluding hydrogens is 354 g/mol. The number of amides is 1. The monoisotopic (exact) mass is 401 g/mol. The number of carbonyl (C=O) groups excluding carboxylic acids is 1. The predicted octanol–water partition coefficient (Wildman–Crippen LogP) is 6.26. The standard InChI is InChI=1S/C23H47NO4/c1-5-7-9-16-20-27-23(28-21-17-10-8-6-2)19-15-13-11-12-14-18-22(25)24(3)26-4/h23H,5-21H2,1-4H3. The van der Waals surface area contributed by atoms with E-state index in [-0.39, 0.29) is 12.2 Å². The van der Waals surface area contributed by atoms with Gasteiger partial charge in [-0.15, -0.1) is 0 Å². The second-order valence-electron chi connectivity index (χ2n) is 7.67. The minimum Gasteiger partial charge on any atom is -0.353 e.